The van der Waals surface area contributed by atoms with E-state index in [4.69, 9.17) is 4.74 Å². The van der Waals surface area contributed by atoms with Crippen LogP contribution in [-0.4, -0.2) is 19.2 Å². The molecule has 1 aliphatic rings. The monoisotopic (exact) mass is 331 g/mol. The second kappa shape index (κ2) is 6.42. The predicted octanol–water partition coefficient (Wildman–Crippen LogP) is 3.58. The Balaban J connectivity index is 1.43. The Hall–Kier alpha value is -1.32. The molecule has 104 valence electrons. The summed E-state index contributed by atoms with van der Waals surface area (Å²) in [5, 5.41) is 3.49. The molecule has 0 saturated carbocycles. The Morgan fingerprint density at radius 1 is 1.15 bits per heavy atom. The fourth-order valence-corrected chi connectivity index (χ4v) is 2.95. The second-order valence-electron chi connectivity index (χ2n) is 5.14. The number of nitrogens with one attached hydrogen (secondary N) is 1. The van der Waals surface area contributed by atoms with Gasteiger partial charge >= 0.3 is 0 Å². The highest BCUT2D eigenvalue weighted by atomic mass is 79.9. The molecule has 0 spiro atoms. The van der Waals surface area contributed by atoms with Crippen LogP contribution in [0.3, 0.4) is 0 Å². The van der Waals surface area contributed by atoms with Crippen molar-refractivity contribution in [1.82, 2.24) is 5.32 Å². The molecule has 3 rings (SSSR count). The van der Waals surface area contributed by atoms with Crippen molar-refractivity contribution in [2.24, 2.45) is 0 Å². The van der Waals surface area contributed by atoms with E-state index in [9.17, 15) is 0 Å². The first kappa shape index (κ1) is 13.7. The van der Waals surface area contributed by atoms with Gasteiger partial charge in [0.05, 0.1) is 0 Å². The lowest BCUT2D eigenvalue weighted by Crippen LogP contribution is -2.31. The van der Waals surface area contributed by atoms with Gasteiger partial charge in [-0.1, -0.05) is 46.3 Å². The van der Waals surface area contributed by atoms with Crippen molar-refractivity contribution in [1.29, 1.82) is 0 Å². The minimum absolute atomic E-state index is 0.259. The van der Waals surface area contributed by atoms with Gasteiger partial charge in [0.2, 0.25) is 0 Å². The Morgan fingerprint density at radius 2 is 2.00 bits per heavy atom. The number of benzene rings is 2. The van der Waals surface area contributed by atoms with Crippen LogP contribution in [-0.2, 0) is 12.8 Å². The van der Waals surface area contributed by atoms with Crippen LogP contribution in [0.1, 0.15) is 11.1 Å². The summed E-state index contributed by atoms with van der Waals surface area (Å²) in [5.74, 6) is 1.03. The first-order chi connectivity index (χ1) is 9.81. The molecule has 1 N–H and O–H groups in total. The highest BCUT2D eigenvalue weighted by Crippen LogP contribution is 2.30. The van der Waals surface area contributed by atoms with Crippen LogP contribution in [0.2, 0.25) is 0 Å². The van der Waals surface area contributed by atoms with Crippen molar-refractivity contribution >= 4 is 15.9 Å². The summed E-state index contributed by atoms with van der Waals surface area (Å²) in [6, 6.07) is 16.8. The normalized spacial score (nSPS) is 16.8. The number of ether oxygens (including phenoxy) is 1. The van der Waals surface area contributed by atoms with E-state index in [-0.39, 0.29) is 6.10 Å². The Morgan fingerprint density at radius 3 is 2.85 bits per heavy atom. The molecule has 0 aliphatic carbocycles. The maximum Gasteiger partial charge on any atom is 0.123 e. The van der Waals surface area contributed by atoms with Gasteiger partial charge in [0, 0.05) is 17.4 Å². The van der Waals surface area contributed by atoms with Crippen LogP contribution < -0.4 is 10.1 Å². The molecule has 0 fully saturated rings. The molecular weight excluding hydrogens is 314 g/mol. The summed E-state index contributed by atoms with van der Waals surface area (Å²) < 4.78 is 7.05. The fourth-order valence-electron chi connectivity index (χ4n) is 2.54. The molecule has 0 bridgehead atoms. The Labute approximate surface area is 128 Å². The Kier molecular flexibility index (Phi) is 4.38. The standard InChI is InChI=1S/C17H18BrNO/c18-15-6-7-17-14(10-15)11-16(20-17)12-19-9-8-13-4-2-1-3-5-13/h1-7,10,16,19H,8-9,11-12H2. The summed E-state index contributed by atoms with van der Waals surface area (Å²) in [6.45, 7) is 1.89. The number of fused-ring (bicyclic) bond motifs is 1. The van der Waals surface area contributed by atoms with Crippen LogP contribution in [0.25, 0.3) is 0 Å². The van der Waals surface area contributed by atoms with E-state index in [0.29, 0.717) is 0 Å². The van der Waals surface area contributed by atoms with Crippen molar-refractivity contribution in [3.63, 3.8) is 0 Å². The molecule has 0 aromatic heterocycles. The lowest BCUT2D eigenvalue weighted by Gasteiger charge is -2.11. The molecule has 1 heterocycles. The molecule has 0 radical (unpaired) electrons. The molecule has 3 heteroatoms. The van der Waals surface area contributed by atoms with Crippen molar-refractivity contribution in [2.75, 3.05) is 13.1 Å². The summed E-state index contributed by atoms with van der Waals surface area (Å²) in [4.78, 5) is 0. The molecule has 20 heavy (non-hydrogen) atoms. The van der Waals surface area contributed by atoms with Gasteiger partial charge in [0.15, 0.2) is 0 Å². The van der Waals surface area contributed by atoms with Gasteiger partial charge in [-0.2, -0.15) is 0 Å². The fraction of sp³-hybridized carbons (Fsp3) is 0.294. The summed E-state index contributed by atoms with van der Waals surface area (Å²) in [6.07, 6.45) is 2.31. The quantitative estimate of drug-likeness (QED) is 0.845. The first-order valence-electron chi connectivity index (χ1n) is 7.01. The van der Waals surface area contributed by atoms with Crippen molar-refractivity contribution < 1.29 is 4.74 Å². The number of halogens is 1. The molecule has 2 nitrogen and oxygen atoms in total. The smallest absolute Gasteiger partial charge is 0.123 e. The molecule has 2 aromatic carbocycles. The Bertz CT molecular complexity index is 570. The largest absolute Gasteiger partial charge is 0.488 e. The molecular formula is C17H18BrNO. The third-order valence-corrected chi connectivity index (χ3v) is 4.06. The number of hydrogen-bond donors (Lipinski definition) is 1. The zero-order valence-corrected chi connectivity index (χ0v) is 12.9. The zero-order valence-electron chi connectivity index (χ0n) is 11.3. The average Bonchev–Trinajstić information content (AvgIpc) is 2.86. The SMILES string of the molecule is Brc1ccc2c(c1)CC(CNCCc1ccccc1)O2. The van der Waals surface area contributed by atoms with Crippen molar-refractivity contribution in [3.8, 4) is 5.75 Å². The van der Waals surface area contributed by atoms with Crippen LogP contribution >= 0.6 is 15.9 Å². The summed E-state index contributed by atoms with van der Waals surface area (Å²) in [5.41, 5.74) is 2.67. The van der Waals surface area contributed by atoms with Gasteiger partial charge in [-0.3, -0.25) is 0 Å². The van der Waals surface area contributed by atoms with E-state index in [1.807, 2.05) is 12.1 Å². The molecule has 0 amide bonds. The van der Waals surface area contributed by atoms with Gasteiger partial charge in [0.1, 0.15) is 11.9 Å². The highest BCUT2D eigenvalue weighted by Gasteiger charge is 2.22. The predicted molar refractivity (Wildman–Crippen MR) is 85.3 cm³/mol. The minimum atomic E-state index is 0.259. The third-order valence-electron chi connectivity index (χ3n) is 3.57. The summed E-state index contributed by atoms with van der Waals surface area (Å²) in [7, 11) is 0. The topological polar surface area (TPSA) is 21.3 Å². The molecule has 1 atom stereocenters. The van der Waals surface area contributed by atoms with Gasteiger partial charge in [-0.25, -0.2) is 0 Å². The molecule has 1 unspecified atom stereocenters. The maximum absolute atomic E-state index is 5.93. The minimum Gasteiger partial charge on any atom is -0.488 e. The van der Waals surface area contributed by atoms with Crippen LogP contribution in [0, 0.1) is 0 Å². The number of hydrogen-bond acceptors (Lipinski definition) is 2. The average molecular weight is 332 g/mol. The van der Waals surface area contributed by atoms with E-state index in [0.717, 1.165) is 36.2 Å². The van der Waals surface area contributed by atoms with E-state index < -0.39 is 0 Å². The van der Waals surface area contributed by atoms with Crippen LogP contribution in [0.4, 0.5) is 0 Å². The lowest BCUT2D eigenvalue weighted by atomic mass is 10.1. The van der Waals surface area contributed by atoms with Crippen LogP contribution in [0.5, 0.6) is 5.75 Å². The second-order valence-corrected chi connectivity index (χ2v) is 6.05. The van der Waals surface area contributed by atoms with Gasteiger partial charge < -0.3 is 10.1 Å². The molecule has 2 aromatic rings. The lowest BCUT2D eigenvalue weighted by molar-refractivity contribution is 0.228. The highest BCUT2D eigenvalue weighted by molar-refractivity contribution is 9.10. The third kappa shape index (κ3) is 3.41. The van der Waals surface area contributed by atoms with Crippen molar-refractivity contribution in [3.05, 3.63) is 64.1 Å². The first-order valence-corrected chi connectivity index (χ1v) is 7.80. The van der Waals surface area contributed by atoms with Crippen molar-refractivity contribution in [2.45, 2.75) is 18.9 Å². The molecule has 1 aliphatic heterocycles. The van der Waals surface area contributed by atoms with Gasteiger partial charge in [-0.05, 0) is 42.3 Å². The maximum atomic E-state index is 5.93. The van der Waals surface area contributed by atoms with Gasteiger partial charge in [0.25, 0.3) is 0 Å². The van der Waals surface area contributed by atoms with E-state index in [1.165, 1.54) is 11.1 Å². The van der Waals surface area contributed by atoms with E-state index in [2.05, 4.69) is 57.6 Å². The van der Waals surface area contributed by atoms with E-state index in [1.54, 1.807) is 0 Å². The van der Waals surface area contributed by atoms with E-state index >= 15 is 0 Å². The van der Waals surface area contributed by atoms with Gasteiger partial charge in [-0.15, -0.1) is 0 Å². The zero-order chi connectivity index (χ0) is 13.8. The summed E-state index contributed by atoms with van der Waals surface area (Å²) >= 11 is 3.50. The number of rotatable bonds is 5. The molecule has 0 saturated heterocycles. The van der Waals surface area contributed by atoms with Crippen LogP contribution in [0.15, 0.2) is 53.0 Å².